The van der Waals surface area contributed by atoms with E-state index >= 15 is 0 Å². The van der Waals surface area contributed by atoms with Crippen molar-refractivity contribution < 1.29 is 4.74 Å². The summed E-state index contributed by atoms with van der Waals surface area (Å²) in [6.45, 7) is 4.98. The first-order chi connectivity index (χ1) is 8.33. The van der Waals surface area contributed by atoms with Crippen molar-refractivity contribution in [2.24, 2.45) is 13.0 Å². The van der Waals surface area contributed by atoms with Crippen molar-refractivity contribution in [2.75, 3.05) is 19.8 Å². The molecule has 1 aromatic rings. The van der Waals surface area contributed by atoms with E-state index in [1.54, 1.807) is 0 Å². The number of hydrogen-bond donors (Lipinski definition) is 1. The Balaban J connectivity index is 2.09. The molecule has 1 N–H and O–H groups in total. The maximum atomic E-state index is 5.44. The third-order valence-corrected chi connectivity index (χ3v) is 3.42. The number of rotatable bonds is 5. The highest BCUT2D eigenvalue weighted by molar-refractivity contribution is 5.04. The van der Waals surface area contributed by atoms with E-state index in [0.29, 0.717) is 12.0 Å². The first kappa shape index (κ1) is 12.5. The maximum absolute atomic E-state index is 5.44. The highest BCUT2D eigenvalue weighted by Crippen LogP contribution is 2.29. The lowest BCUT2D eigenvalue weighted by Crippen LogP contribution is -2.33. The quantitative estimate of drug-likeness (QED) is 0.839. The van der Waals surface area contributed by atoms with Crippen LogP contribution in [-0.2, 0) is 11.8 Å². The van der Waals surface area contributed by atoms with Gasteiger partial charge in [0, 0.05) is 20.3 Å². The highest BCUT2D eigenvalue weighted by Gasteiger charge is 2.27. The third-order valence-electron chi connectivity index (χ3n) is 3.42. The Bertz CT molecular complexity index is 333. The van der Waals surface area contributed by atoms with Crippen LogP contribution in [-0.4, -0.2) is 34.8 Å². The molecule has 1 saturated heterocycles. The lowest BCUT2D eigenvalue weighted by Gasteiger charge is -2.30. The molecule has 0 spiro atoms. The van der Waals surface area contributed by atoms with E-state index in [2.05, 4.69) is 22.6 Å². The molecule has 0 amide bonds. The van der Waals surface area contributed by atoms with Crippen molar-refractivity contribution >= 4 is 0 Å². The summed E-state index contributed by atoms with van der Waals surface area (Å²) in [5.74, 6) is 0.632. The molecule has 2 rings (SSSR count). The first-order valence-electron chi connectivity index (χ1n) is 6.48. The Labute approximate surface area is 103 Å². The lowest BCUT2D eigenvalue weighted by atomic mass is 9.89. The monoisotopic (exact) mass is 238 g/mol. The zero-order valence-corrected chi connectivity index (χ0v) is 10.7. The largest absolute Gasteiger partial charge is 0.381 e. The molecular weight excluding hydrogens is 216 g/mol. The van der Waals surface area contributed by atoms with Crippen LogP contribution in [0.1, 0.15) is 37.9 Å². The number of aromatic nitrogens is 3. The molecule has 1 aliphatic heterocycles. The fourth-order valence-electron chi connectivity index (χ4n) is 2.44. The van der Waals surface area contributed by atoms with Crippen LogP contribution in [0, 0.1) is 5.92 Å². The average Bonchev–Trinajstić information content (AvgIpc) is 2.78. The van der Waals surface area contributed by atoms with E-state index in [0.717, 1.165) is 39.0 Å². The van der Waals surface area contributed by atoms with Crippen molar-refractivity contribution in [1.82, 2.24) is 20.3 Å². The van der Waals surface area contributed by atoms with Crippen LogP contribution >= 0.6 is 0 Å². The van der Waals surface area contributed by atoms with Crippen molar-refractivity contribution in [3.05, 3.63) is 11.9 Å². The zero-order valence-electron chi connectivity index (χ0n) is 10.7. The van der Waals surface area contributed by atoms with E-state index in [4.69, 9.17) is 4.74 Å². The second-order valence-corrected chi connectivity index (χ2v) is 4.66. The summed E-state index contributed by atoms with van der Waals surface area (Å²) < 4.78 is 7.31. The summed E-state index contributed by atoms with van der Waals surface area (Å²) in [5, 5.41) is 11.6. The van der Waals surface area contributed by atoms with Gasteiger partial charge in [-0.15, -0.1) is 5.10 Å². The summed E-state index contributed by atoms with van der Waals surface area (Å²) in [5.41, 5.74) is 1.19. The molecule has 1 aromatic heterocycles. The highest BCUT2D eigenvalue weighted by atomic mass is 16.5. The molecule has 0 bridgehead atoms. The van der Waals surface area contributed by atoms with Gasteiger partial charge in [0.25, 0.3) is 0 Å². The minimum Gasteiger partial charge on any atom is -0.381 e. The standard InChI is InChI=1S/C12H22N4O/c1-3-6-13-12(10-4-7-17-8-5-10)11-9-14-15-16(11)2/h9-10,12-13H,3-8H2,1-2H3. The van der Waals surface area contributed by atoms with Gasteiger partial charge in [0.2, 0.25) is 0 Å². The van der Waals surface area contributed by atoms with Crippen LogP contribution in [0.4, 0.5) is 0 Å². The fraction of sp³-hybridized carbons (Fsp3) is 0.833. The normalized spacial score (nSPS) is 19.4. The number of nitrogens with one attached hydrogen (secondary N) is 1. The predicted molar refractivity (Wildman–Crippen MR) is 65.6 cm³/mol. The molecule has 1 aliphatic rings. The van der Waals surface area contributed by atoms with E-state index in [-0.39, 0.29) is 0 Å². The molecule has 0 saturated carbocycles. The van der Waals surface area contributed by atoms with Crippen molar-refractivity contribution in [3.8, 4) is 0 Å². The summed E-state index contributed by atoms with van der Waals surface area (Å²) >= 11 is 0. The molecule has 2 heterocycles. The fourth-order valence-corrected chi connectivity index (χ4v) is 2.44. The smallest absolute Gasteiger partial charge is 0.0756 e. The van der Waals surface area contributed by atoms with Crippen molar-refractivity contribution in [3.63, 3.8) is 0 Å². The van der Waals surface area contributed by atoms with Gasteiger partial charge in [-0.1, -0.05) is 12.1 Å². The van der Waals surface area contributed by atoms with Gasteiger partial charge < -0.3 is 10.1 Å². The van der Waals surface area contributed by atoms with Crippen molar-refractivity contribution in [1.29, 1.82) is 0 Å². The topological polar surface area (TPSA) is 52.0 Å². The van der Waals surface area contributed by atoms with Gasteiger partial charge in [0.1, 0.15) is 0 Å². The number of aryl methyl sites for hydroxylation is 1. The van der Waals surface area contributed by atoms with Crippen LogP contribution in [0.2, 0.25) is 0 Å². The summed E-state index contributed by atoms with van der Waals surface area (Å²) in [6.07, 6.45) is 5.26. The van der Waals surface area contributed by atoms with Gasteiger partial charge in [-0.3, -0.25) is 4.68 Å². The van der Waals surface area contributed by atoms with Gasteiger partial charge in [-0.2, -0.15) is 0 Å². The second-order valence-electron chi connectivity index (χ2n) is 4.66. The molecule has 1 unspecified atom stereocenters. The van der Waals surface area contributed by atoms with Gasteiger partial charge in [-0.05, 0) is 31.7 Å². The first-order valence-corrected chi connectivity index (χ1v) is 6.48. The Morgan fingerprint density at radius 1 is 1.53 bits per heavy atom. The second kappa shape index (κ2) is 6.12. The van der Waals surface area contributed by atoms with Crippen LogP contribution < -0.4 is 5.32 Å². The number of nitrogens with zero attached hydrogens (tertiary/aromatic N) is 3. The van der Waals surface area contributed by atoms with E-state index < -0.39 is 0 Å². The Morgan fingerprint density at radius 3 is 2.88 bits per heavy atom. The minimum absolute atomic E-state index is 0.360. The van der Waals surface area contributed by atoms with Crippen LogP contribution in [0.25, 0.3) is 0 Å². The van der Waals surface area contributed by atoms with Crippen LogP contribution in [0.3, 0.4) is 0 Å². The van der Waals surface area contributed by atoms with Gasteiger partial charge >= 0.3 is 0 Å². The summed E-state index contributed by atoms with van der Waals surface area (Å²) in [7, 11) is 1.96. The molecule has 1 atom stereocenters. The van der Waals surface area contributed by atoms with Crippen LogP contribution in [0.5, 0.6) is 0 Å². The molecule has 1 fully saturated rings. The molecule has 0 aromatic carbocycles. The molecule has 0 radical (unpaired) electrons. The Morgan fingerprint density at radius 2 is 2.29 bits per heavy atom. The number of hydrogen-bond acceptors (Lipinski definition) is 4. The molecule has 5 heteroatoms. The minimum atomic E-state index is 0.360. The van der Waals surface area contributed by atoms with Gasteiger partial charge in [0.15, 0.2) is 0 Å². The summed E-state index contributed by atoms with van der Waals surface area (Å²) in [6, 6.07) is 0.360. The maximum Gasteiger partial charge on any atom is 0.0756 e. The Hall–Kier alpha value is -0.940. The van der Waals surface area contributed by atoms with Crippen molar-refractivity contribution in [2.45, 2.75) is 32.2 Å². The molecule has 0 aliphatic carbocycles. The third kappa shape index (κ3) is 3.04. The van der Waals surface area contributed by atoms with E-state index in [1.165, 1.54) is 5.69 Å². The molecule has 96 valence electrons. The zero-order chi connectivity index (χ0) is 12.1. The average molecular weight is 238 g/mol. The van der Waals surface area contributed by atoms with E-state index in [1.807, 2.05) is 17.9 Å². The predicted octanol–water partition coefficient (Wildman–Crippen LogP) is 1.28. The van der Waals surface area contributed by atoms with E-state index in [9.17, 15) is 0 Å². The van der Waals surface area contributed by atoms with Gasteiger partial charge in [0.05, 0.1) is 17.9 Å². The lowest BCUT2D eigenvalue weighted by molar-refractivity contribution is 0.0526. The molecule has 5 nitrogen and oxygen atoms in total. The number of ether oxygens (including phenoxy) is 1. The molecular formula is C12H22N4O. The Kier molecular flexibility index (Phi) is 4.50. The van der Waals surface area contributed by atoms with Gasteiger partial charge in [-0.25, -0.2) is 0 Å². The van der Waals surface area contributed by atoms with Crippen LogP contribution in [0.15, 0.2) is 6.20 Å². The molecule has 17 heavy (non-hydrogen) atoms. The SMILES string of the molecule is CCCNC(c1cnnn1C)C1CCOCC1. The summed E-state index contributed by atoms with van der Waals surface area (Å²) in [4.78, 5) is 0.